The number of carbonyl (C=O) groups is 2. The van der Waals surface area contributed by atoms with Crippen molar-refractivity contribution >= 4 is 33.2 Å². The summed E-state index contributed by atoms with van der Waals surface area (Å²) in [5, 5.41) is 0. The van der Waals surface area contributed by atoms with E-state index >= 15 is 0 Å². The lowest BCUT2D eigenvalue weighted by molar-refractivity contribution is -0.132. The van der Waals surface area contributed by atoms with Gasteiger partial charge in [-0.15, -0.1) is 11.3 Å². The molecule has 6 nitrogen and oxygen atoms in total. The fourth-order valence-electron chi connectivity index (χ4n) is 5.67. The molecule has 0 atom stereocenters. The highest BCUT2D eigenvalue weighted by Gasteiger charge is 2.25. The van der Waals surface area contributed by atoms with Gasteiger partial charge in [-0.25, -0.2) is 4.39 Å². The van der Waals surface area contributed by atoms with Crippen LogP contribution in [0, 0.1) is 11.7 Å². The van der Waals surface area contributed by atoms with E-state index in [9.17, 15) is 14.0 Å². The maximum atomic E-state index is 14.9. The smallest absolute Gasteiger partial charge is 0.219 e. The van der Waals surface area contributed by atoms with E-state index in [1.165, 1.54) is 36.7 Å². The number of ether oxygens (including phenoxy) is 1. The Balaban J connectivity index is 1.16. The minimum absolute atomic E-state index is 0.109. The van der Waals surface area contributed by atoms with Gasteiger partial charge >= 0.3 is 0 Å². The lowest BCUT2D eigenvalue weighted by Crippen LogP contribution is -2.39. The van der Waals surface area contributed by atoms with Crippen LogP contribution in [-0.2, 0) is 22.6 Å². The third-order valence-electron chi connectivity index (χ3n) is 8.06. The van der Waals surface area contributed by atoms with Gasteiger partial charge in [-0.05, 0) is 67.0 Å². The molecule has 3 aromatic heterocycles. The van der Waals surface area contributed by atoms with Gasteiger partial charge in [0.25, 0.3) is 0 Å². The SMILES string of the molecule is CC(=O)N(Cc1ccc(-c2cc3nccc(Oc4ccc(CC(=O)CC5CC5)cc4F)c3s2)nc1)C1CCCCC1. The average Bonchev–Trinajstić information content (AvgIpc) is 3.67. The number of amides is 1. The van der Waals surface area contributed by atoms with Gasteiger partial charge in [0, 0.05) is 50.8 Å². The zero-order valence-corrected chi connectivity index (χ0v) is 24.1. The lowest BCUT2D eigenvalue weighted by atomic mass is 9.94. The number of benzene rings is 1. The first-order valence-corrected chi connectivity index (χ1v) is 15.3. The van der Waals surface area contributed by atoms with Crippen molar-refractivity contribution in [2.75, 3.05) is 0 Å². The second kappa shape index (κ2) is 12.1. The summed E-state index contributed by atoms with van der Waals surface area (Å²) in [4.78, 5) is 36.7. The van der Waals surface area contributed by atoms with Gasteiger partial charge in [0.05, 0.1) is 20.8 Å². The summed E-state index contributed by atoms with van der Waals surface area (Å²) in [7, 11) is 0. The number of Topliss-reactive ketones (excluding diaryl/α,β-unsaturated/α-hetero) is 1. The van der Waals surface area contributed by atoms with Gasteiger partial charge in [0.2, 0.25) is 5.91 Å². The first-order valence-electron chi connectivity index (χ1n) is 14.5. The molecule has 0 N–H and O–H groups in total. The Labute approximate surface area is 243 Å². The summed E-state index contributed by atoms with van der Waals surface area (Å²) in [5.74, 6) is 0.928. The molecule has 0 saturated heterocycles. The molecule has 1 amide bonds. The molecule has 0 bridgehead atoms. The molecule has 2 fully saturated rings. The van der Waals surface area contributed by atoms with Gasteiger partial charge < -0.3 is 9.64 Å². The number of pyridine rings is 2. The second-order valence-corrected chi connectivity index (χ2v) is 12.4. The van der Waals surface area contributed by atoms with Crippen LogP contribution in [-0.4, -0.2) is 32.6 Å². The number of hydrogen-bond acceptors (Lipinski definition) is 6. The maximum Gasteiger partial charge on any atom is 0.219 e. The zero-order chi connectivity index (χ0) is 28.3. The zero-order valence-electron chi connectivity index (χ0n) is 23.3. The van der Waals surface area contributed by atoms with E-state index in [-0.39, 0.29) is 23.9 Å². The monoisotopic (exact) mass is 571 g/mol. The number of carbonyl (C=O) groups excluding carboxylic acids is 2. The number of hydrogen-bond donors (Lipinski definition) is 0. The van der Waals surface area contributed by atoms with E-state index < -0.39 is 5.82 Å². The molecule has 4 aromatic rings. The number of ketones is 1. The highest BCUT2D eigenvalue weighted by Crippen LogP contribution is 2.39. The second-order valence-electron chi connectivity index (χ2n) is 11.4. The summed E-state index contributed by atoms with van der Waals surface area (Å²) >= 11 is 1.49. The quantitative estimate of drug-likeness (QED) is 0.194. The molecule has 0 aliphatic heterocycles. The van der Waals surface area contributed by atoms with E-state index in [0.717, 1.165) is 52.0 Å². The van der Waals surface area contributed by atoms with Crippen LogP contribution >= 0.6 is 11.3 Å². The highest BCUT2D eigenvalue weighted by molar-refractivity contribution is 7.22. The Bertz CT molecular complexity index is 1560. The minimum atomic E-state index is -0.492. The fraction of sp³-hybridized carbons (Fsp3) is 0.394. The van der Waals surface area contributed by atoms with Crippen LogP contribution in [0.15, 0.2) is 54.9 Å². The summed E-state index contributed by atoms with van der Waals surface area (Å²) in [6.45, 7) is 2.22. The van der Waals surface area contributed by atoms with Crippen molar-refractivity contribution < 1.29 is 18.7 Å². The van der Waals surface area contributed by atoms with Gasteiger partial charge in [-0.1, -0.05) is 31.4 Å². The first kappa shape index (κ1) is 27.5. The topological polar surface area (TPSA) is 72.4 Å². The molecular weight excluding hydrogens is 537 g/mol. The molecular formula is C33H34FN3O3S. The number of thiophene rings is 1. The summed E-state index contributed by atoms with van der Waals surface area (Å²) in [5.41, 5.74) is 3.22. The summed E-state index contributed by atoms with van der Waals surface area (Å²) in [6, 6.07) is 12.7. The molecule has 212 valence electrons. The van der Waals surface area contributed by atoms with E-state index in [1.54, 1.807) is 31.3 Å². The standard InChI is InChI=1S/C33H34FN3O3S/c1-21(38)37(25-5-3-2-4-6-25)20-24-9-11-28(36-19-24)32-18-29-33(41-32)31(13-14-35-29)40-30-12-10-23(17-27(30)34)16-26(39)15-22-7-8-22/h9-14,17-19,22,25H,2-8,15-16,20H2,1H3. The van der Waals surface area contributed by atoms with Crippen LogP contribution in [0.2, 0.25) is 0 Å². The third kappa shape index (κ3) is 6.64. The summed E-state index contributed by atoms with van der Waals surface area (Å²) < 4.78 is 21.7. The number of fused-ring (bicyclic) bond motifs is 1. The van der Waals surface area contributed by atoms with Crippen molar-refractivity contribution in [2.45, 2.75) is 77.3 Å². The maximum absolute atomic E-state index is 14.9. The molecule has 0 radical (unpaired) electrons. The average molecular weight is 572 g/mol. The van der Waals surface area contributed by atoms with Gasteiger partial charge in [0.1, 0.15) is 11.5 Å². The first-order chi connectivity index (χ1) is 19.9. The Morgan fingerprint density at radius 3 is 2.49 bits per heavy atom. The van der Waals surface area contributed by atoms with Crippen molar-refractivity contribution in [3.8, 4) is 22.1 Å². The largest absolute Gasteiger partial charge is 0.453 e. The predicted octanol–water partition coefficient (Wildman–Crippen LogP) is 7.88. The van der Waals surface area contributed by atoms with E-state index in [0.29, 0.717) is 36.2 Å². The molecule has 2 aliphatic carbocycles. The van der Waals surface area contributed by atoms with Crippen molar-refractivity contribution in [3.05, 3.63) is 71.8 Å². The summed E-state index contributed by atoms with van der Waals surface area (Å²) in [6.07, 6.45) is 12.3. The van der Waals surface area contributed by atoms with Crippen LogP contribution in [0.3, 0.4) is 0 Å². The fourth-order valence-corrected chi connectivity index (χ4v) is 6.71. The molecule has 41 heavy (non-hydrogen) atoms. The molecule has 0 unspecified atom stereocenters. The van der Waals surface area contributed by atoms with Crippen molar-refractivity contribution in [3.63, 3.8) is 0 Å². The van der Waals surface area contributed by atoms with Crippen LogP contribution in [0.1, 0.15) is 69.4 Å². The van der Waals surface area contributed by atoms with Crippen LogP contribution in [0.5, 0.6) is 11.5 Å². The van der Waals surface area contributed by atoms with Crippen molar-refractivity contribution in [1.29, 1.82) is 0 Å². The van der Waals surface area contributed by atoms with Gasteiger partial charge in [0.15, 0.2) is 11.6 Å². The predicted molar refractivity (Wildman–Crippen MR) is 158 cm³/mol. The van der Waals surface area contributed by atoms with Crippen molar-refractivity contribution in [2.24, 2.45) is 5.92 Å². The molecule has 6 rings (SSSR count). The Hall–Kier alpha value is -3.65. The normalized spacial score (nSPS) is 15.7. The van der Waals surface area contributed by atoms with Crippen molar-refractivity contribution in [1.82, 2.24) is 14.9 Å². The third-order valence-corrected chi connectivity index (χ3v) is 9.22. The number of rotatable bonds is 10. The number of aromatic nitrogens is 2. The molecule has 2 saturated carbocycles. The molecule has 8 heteroatoms. The van der Waals surface area contributed by atoms with E-state index in [2.05, 4.69) is 4.98 Å². The van der Waals surface area contributed by atoms with Crippen LogP contribution in [0.4, 0.5) is 4.39 Å². The number of nitrogens with zero attached hydrogens (tertiary/aromatic N) is 3. The molecule has 3 heterocycles. The Morgan fingerprint density at radius 1 is 0.976 bits per heavy atom. The van der Waals surface area contributed by atoms with E-state index in [1.807, 2.05) is 29.3 Å². The lowest BCUT2D eigenvalue weighted by Gasteiger charge is -2.33. The molecule has 2 aliphatic rings. The highest BCUT2D eigenvalue weighted by atomic mass is 32.1. The van der Waals surface area contributed by atoms with Crippen LogP contribution < -0.4 is 4.74 Å². The van der Waals surface area contributed by atoms with Gasteiger partial charge in [-0.3, -0.25) is 19.6 Å². The molecule has 0 spiro atoms. The van der Waals surface area contributed by atoms with E-state index in [4.69, 9.17) is 9.72 Å². The van der Waals surface area contributed by atoms with Crippen LogP contribution in [0.25, 0.3) is 20.8 Å². The number of halogens is 1. The van der Waals surface area contributed by atoms with Gasteiger partial charge in [-0.2, -0.15) is 0 Å². The Kier molecular flexibility index (Phi) is 8.10. The molecule has 1 aromatic carbocycles. The Morgan fingerprint density at radius 2 is 1.78 bits per heavy atom. The minimum Gasteiger partial charge on any atom is -0.453 e.